The minimum atomic E-state index is -0.824. The van der Waals surface area contributed by atoms with Crippen molar-refractivity contribution < 1.29 is 19.5 Å². The van der Waals surface area contributed by atoms with Crippen molar-refractivity contribution in [2.75, 3.05) is 13.1 Å². The van der Waals surface area contributed by atoms with E-state index in [4.69, 9.17) is 10.8 Å². The third-order valence-electron chi connectivity index (χ3n) is 4.06. The zero-order valence-electron chi connectivity index (χ0n) is 12.7. The van der Waals surface area contributed by atoms with Crippen LogP contribution in [0.15, 0.2) is 0 Å². The van der Waals surface area contributed by atoms with Crippen LogP contribution in [0.2, 0.25) is 0 Å². The van der Waals surface area contributed by atoms with E-state index in [1.165, 1.54) is 0 Å². The molecule has 1 heterocycles. The fraction of sp³-hybridized carbons (Fsp3) is 0.786. The average Bonchev–Trinajstić information content (AvgIpc) is 2.43. The third kappa shape index (κ3) is 5.24. The van der Waals surface area contributed by atoms with Gasteiger partial charge in [-0.1, -0.05) is 6.92 Å². The fourth-order valence-corrected chi connectivity index (χ4v) is 2.45. The molecule has 21 heavy (non-hydrogen) atoms. The summed E-state index contributed by atoms with van der Waals surface area (Å²) in [5, 5.41) is 11.5. The largest absolute Gasteiger partial charge is 0.481 e. The van der Waals surface area contributed by atoms with E-state index < -0.39 is 11.9 Å². The highest BCUT2D eigenvalue weighted by atomic mass is 16.4. The number of primary amides is 1. The van der Waals surface area contributed by atoms with Crippen LogP contribution in [-0.4, -0.2) is 47.0 Å². The monoisotopic (exact) mass is 299 g/mol. The predicted octanol–water partition coefficient (Wildman–Crippen LogP) is 0.783. The molecule has 1 saturated heterocycles. The van der Waals surface area contributed by atoms with Gasteiger partial charge in [0.2, 0.25) is 5.91 Å². The van der Waals surface area contributed by atoms with E-state index in [2.05, 4.69) is 5.32 Å². The zero-order valence-corrected chi connectivity index (χ0v) is 12.7. The standard InChI is InChI=1S/C14H25N3O4/c1-9(13(19)20)4-3-7-16-14(21)17-8-11(12(15)18)6-5-10(17)2/h9-11H,3-8H2,1-2H3,(H2,15,18)(H,16,21)(H,19,20). The van der Waals surface area contributed by atoms with E-state index >= 15 is 0 Å². The summed E-state index contributed by atoms with van der Waals surface area (Å²) in [5.74, 6) is -1.88. The number of nitrogens with zero attached hydrogens (tertiary/aromatic N) is 1. The number of carboxylic acids is 1. The molecule has 1 rings (SSSR count). The molecule has 1 fully saturated rings. The van der Waals surface area contributed by atoms with Gasteiger partial charge in [-0.25, -0.2) is 4.79 Å². The molecule has 0 radical (unpaired) electrons. The maximum Gasteiger partial charge on any atom is 0.317 e. The molecular weight excluding hydrogens is 274 g/mol. The molecule has 120 valence electrons. The van der Waals surface area contributed by atoms with Gasteiger partial charge in [-0.15, -0.1) is 0 Å². The molecule has 0 aromatic carbocycles. The van der Waals surface area contributed by atoms with Crippen molar-refractivity contribution in [3.63, 3.8) is 0 Å². The highest BCUT2D eigenvalue weighted by Gasteiger charge is 2.31. The number of nitrogens with two attached hydrogens (primary N) is 1. The van der Waals surface area contributed by atoms with Crippen LogP contribution in [0.3, 0.4) is 0 Å². The Morgan fingerprint density at radius 3 is 2.62 bits per heavy atom. The van der Waals surface area contributed by atoms with Crippen LogP contribution in [0.25, 0.3) is 0 Å². The SMILES string of the molecule is CC(CCCNC(=O)N1CC(C(N)=O)CCC1C)C(=O)O. The number of likely N-dealkylation sites (tertiary alicyclic amines) is 1. The first kappa shape index (κ1) is 17.3. The fourth-order valence-electron chi connectivity index (χ4n) is 2.45. The molecule has 3 atom stereocenters. The van der Waals surface area contributed by atoms with E-state index in [1.54, 1.807) is 11.8 Å². The number of hydrogen-bond donors (Lipinski definition) is 3. The van der Waals surface area contributed by atoms with E-state index in [1.807, 2.05) is 6.92 Å². The van der Waals surface area contributed by atoms with Crippen molar-refractivity contribution in [1.29, 1.82) is 0 Å². The number of amides is 3. The number of hydrogen-bond acceptors (Lipinski definition) is 3. The molecule has 0 bridgehead atoms. The topological polar surface area (TPSA) is 113 Å². The third-order valence-corrected chi connectivity index (χ3v) is 4.06. The average molecular weight is 299 g/mol. The Morgan fingerprint density at radius 2 is 2.05 bits per heavy atom. The van der Waals surface area contributed by atoms with Crippen LogP contribution in [0.5, 0.6) is 0 Å². The summed E-state index contributed by atoms with van der Waals surface area (Å²) >= 11 is 0. The number of aliphatic carboxylic acids is 1. The highest BCUT2D eigenvalue weighted by molar-refractivity contribution is 5.79. The number of urea groups is 1. The van der Waals surface area contributed by atoms with Gasteiger partial charge in [0, 0.05) is 19.1 Å². The van der Waals surface area contributed by atoms with Crippen LogP contribution in [0.4, 0.5) is 4.79 Å². The first-order chi connectivity index (χ1) is 9.82. The molecule has 4 N–H and O–H groups in total. The van der Waals surface area contributed by atoms with Gasteiger partial charge in [0.1, 0.15) is 0 Å². The molecule has 7 heteroatoms. The first-order valence-corrected chi connectivity index (χ1v) is 7.39. The molecule has 3 amide bonds. The molecule has 0 saturated carbocycles. The summed E-state index contributed by atoms with van der Waals surface area (Å²) in [5.41, 5.74) is 5.31. The maximum atomic E-state index is 12.1. The molecule has 0 aromatic rings. The number of carbonyl (C=O) groups is 3. The Labute approximate surface area is 124 Å². The molecule has 1 aliphatic heterocycles. The lowest BCUT2D eigenvalue weighted by atomic mass is 9.93. The lowest BCUT2D eigenvalue weighted by Gasteiger charge is -2.36. The quantitative estimate of drug-likeness (QED) is 0.629. The van der Waals surface area contributed by atoms with Crippen LogP contribution in [0.1, 0.15) is 39.5 Å². The molecule has 0 aliphatic carbocycles. The van der Waals surface area contributed by atoms with Gasteiger partial charge in [0.25, 0.3) is 0 Å². The number of nitrogens with one attached hydrogen (secondary N) is 1. The van der Waals surface area contributed by atoms with Crippen molar-refractivity contribution in [1.82, 2.24) is 10.2 Å². The summed E-state index contributed by atoms with van der Waals surface area (Å²) in [6.45, 7) is 4.38. The van der Waals surface area contributed by atoms with Crippen molar-refractivity contribution >= 4 is 17.9 Å². The zero-order chi connectivity index (χ0) is 16.0. The number of rotatable bonds is 6. The summed E-state index contributed by atoms with van der Waals surface area (Å²) in [6.07, 6.45) is 2.61. The van der Waals surface area contributed by atoms with E-state index in [-0.39, 0.29) is 23.9 Å². The number of carbonyl (C=O) groups excluding carboxylic acids is 2. The van der Waals surface area contributed by atoms with Crippen molar-refractivity contribution in [3.8, 4) is 0 Å². The van der Waals surface area contributed by atoms with Gasteiger partial charge in [-0.05, 0) is 32.6 Å². The predicted molar refractivity (Wildman–Crippen MR) is 77.5 cm³/mol. The minimum absolute atomic E-state index is 0.0820. The van der Waals surface area contributed by atoms with Gasteiger partial charge < -0.3 is 21.1 Å². The van der Waals surface area contributed by atoms with Gasteiger partial charge >= 0.3 is 12.0 Å². The van der Waals surface area contributed by atoms with Crippen molar-refractivity contribution in [2.45, 2.75) is 45.6 Å². The molecule has 7 nitrogen and oxygen atoms in total. The summed E-state index contributed by atoms with van der Waals surface area (Å²) < 4.78 is 0. The van der Waals surface area contributed by atoms with E-state index in [0.29, 0.717) is 25.9 Å². The summed E-state index contributed by atoms with van der Waals surface area (Å²) in [4.78, 5) is 35.7. The Balaban J connectivity index is 2.36. The molecule has 0 spiro atoms. The summed E-state index contributed by atoms with van der Waals surface area (Å²) in [6, 6.07) is -0.130. The van der Waals surface area contributed by atoms with Gasteiger partial charge in [0.15, 0.2) is 0 Å². The first-order valence-electron chi connectivity index (χ1n) is 7.39. The Morgan fingerprint density at radius 1 is 1.38 bits per heavy atom. The van der Waals surface area contributed by atoms with Gasteiger partial charge in [-0.3, -0.25) is 9.59 Å². The molecule has 3 unspecified atom stereocenters. The van der Waals surface area contributed by atoms with E-state index in [0.717, 1.165) is 12.8 Å². The number of carboxylic acid groups (broad SMARTS) is 1. The second-order valence-corrected chi connectivity index (χ2v) is 5.79. The van der Waals surface area contributed by atoms with Crippen LogP contribution in [-0.2, 0) is 9.59 Å². The smallest absolute Gasteiger partial charge is 0.317 e. The Kier molecular flexibility index (Phi) is 6.45. The normalized spacial score (nSPS) is 23.4. The van der Waals surface area contributed by atoms with Gasteiger partial charge in [0.05, 0.1) is 11.8 Å². The lowest BCUT2D eigenvalue weighted by Crippen LogP contribution is -2.52. The second-order valence-electron chi connectivity index (χ2n) is 5.79. The van der Waals surface area contributed by atoms with Crippen LogP contribution in [0, 0.1) is 11.8 Å². The Hall–Kier alpha value is -1.79. The van der Waals surface area contributed by atoms with Crippen molar-refractivity contribution in [2.24, 2.45) is 17.6 Å². The Bertz CT molecular complexity index is 400. The highest BCUT2D eigenvalue weighted by Crippen LogP contribution is 2.21. The lowest BCUT2D eigenvalue weighted by molar-refractivity contribution is -0.141. The second kappa shape index (κ2) is 7.85. The van der Waals surface area contributed by atoms with Gasteiger partial charge in [-0.2, -0.15) is 0 Å². The van der Waals surface area contributed by atoms with E-state index in [9.17, 15) is 14.4 Å². The van der Waals surface area contributed by atoms with Crippen LogP contribution >= 0.6 is 0 Å². The maximum absolute atomic E-state index is 12.1. The summed E-state index contributed by atoms with van der Waals surface area (Å²) in [7, 11) is 0. The molecular formula is C14H25N3O4. The molecule has 0 aromatic heterocycles. The van der Waals surface area contributed by atoms with Crippen LogP contribution < -0.4 is 11.1 Å². The molecule has 1 aliphatic rings. The van der Waals surface area contributed by atoms with Crippen molar-refractivity contribution in [3.05, 3.63) is 0 Å². The minimum Gasteiger partial charge on any atom is -0.481 e. The number of piperidine rings is 1.